The Hall–Kier alpha value is -1.15. The predicted molar refractivity (Wildman–Crippen MR) is 89.2 cm³/mol. The van der Waals surface area contributed by atoms with Crippen LogP contribution in [0.2, 0.25) is 0 Å². The van der Waals surface area contributed by atoms with Gasteiger partial charge in [0.05, 0.1) is 4.92 Å². The van der Waals surface area contributed by atoms with Crippen molar-refractivity contribution in [2.75, 3.05) is 0 Å². The molecule has 0 bridgehead atoms. The zero-order valence-electron chi connectivity index (χ0n) is 10.4. The van der Waals surface area contributed by atoms with Crippen LogP contribution in [0.25, 0.3) is 0 Å². The maximum absolute atomic E-state index is 10.7. The van der Waals surface area contributed by atoms with E-state index >= 15 is 0 Å². The fraction of sp³-hybridized carbons (Fsp3) is 0.143. The minimum Gasteiger partial charge on any atom is -0.489 e. The highest BCUT2D eigenvalue weighted by Gasteiger charge is 2.11. The maximum Gasteiger partial charge on any atom is 0.270 e. The number of alkyl halides is 1. The molecule has 0 aliphatic heterocycles. The molecule has 2 aromatic carbocycles. The molecule has 2 rings (SSSR count). The molecule has 0 saturated heterocycles. The Morgan fingerprint density at radius 3 is 2.50 bits per heavy atom. The van der Waals surface area contributed by atoms with Crippen molar-refractivity contribution in [2.45, 2.75) is 11.9 Å². The smallest absolute Gasteiger partial charge is 0.270 e. The number of nitro benzene ring substituents is 1. The number of halogens is 2. The minimum atomic E-state index is -0.408. The van der Waals surface area contributed by atoms with Crippen molar-refractivity contribution in [1.82, 2.24) is 0 Å². The summed E-state index contributed by atoms with van der Waals surface area (Å²) in [6, 6.07) is 12.7. The fourth-order valence-electron chi connectivity index (χ4n) is 1.67. The molecular weight excluding hydrogens is 437 g/mol. The van der Waals surface area contributed by atoms with Crippen molar-refractivity contribution in [2.24, 2.45) is 0 Å². The van der Waals surface area contributed by atoms with E-state index in [0.717, 1.165) is 11.1 Å². The first-order valence-electron chi connectivity index (χ1n) is 5.80. The summed E-state index contributed by atoms with van der Waals surface area (Å²) in [7, 11) is 0. The maximum atomic E-state index is 10.7. The molecule has 6 heteroatoms. The predicted octanol–water partition coefficient (Wildman–Crippen LogP) is 4.67. The van der Waals surface area contributed by atoms with Gasteiger partial charge in [0.1, 0.15) is 12.4 Å². The Morgan fingerprint density at radius 1 is 1.20 bits per heavy atom. The zero-order chi connectivity index (χ0) is 14.5. The molecule has 0 spiro atoms. The molecule has 0 unspecified atom stereocenters. The van der Waals surface area contributed by atoms with E-state index in [0.29, 0.717) is 17.7 Å². The Balaban J connectivity index is 2.12. The van der Waals surface area contributed by atoms with E-state index in [2.05, 4.69) is 38.5 Å². The monoisotopic (exact) mass is 447 g/mol. The molecule has 4 nitrogen and oxygen atoms in total. The van der Waals surface area contributed by atoms with Crippen molar-refractivity contribution in [3.05, 3.63) is 67.3 Å². The zero-order valence-corrected chi connectivity index (χ0v) is 14.1. The van der Waals surface area contributed by atoms with E-state index in [1.807, 2.05) is 24.3 Å². The van der Waals surface area contributed by atoms with Gasteiger partial charge in [0, 0.05) is 26.6 Å². The average molecular weight is 448 g/mol. The molecule has 0 aliphatic rings. The first-order valence-corrected chi connectivity index (χ1v) is 8.00. The second-order valence-electron chi connectivity index (χ2n) is 4.10. The molecule has 104 valence electrons. The van der Waals surface area contributed by atoms with E-state index in [1.54, 1.807) is 6.07 Å². The van der Waals surface area contributed by atoms with Crippen molar-refractivity contribution in [1.29, 1.82) is 0 Å². The van der Waals surface area contributed by atoms with Crippen LogP contribution in [0.4, 0.5) is 5.69 Å². The number of non-ortho nitro benzene ring substituents is 1. The van der Waals surface area contributed by atoms with Gasteiger partial charge in [0.15, 0.2) is 0 Å². The standard InChI is InChI=1S/C14H11BrINO3/c15-8-11-7-13(17(18)19)5-6-14(11)20-9-10-1-3-12(16)4-2-10/h1-7H,8-9H2. The summed E-state index contributed by atoms with van der Waals surface area (Å²) in [4.78, 5) is 10.3. The third-order valence-electron chi connectivity index (χ3n) is 2.71. The van der Waals surface area contributed by atoms with Crippen LogP contribution in [0.3, 0.4) is 0 Å². The second kappa shape index (κ2) is 7.03. The van der Waals surface area contributed by atoms with Crippen molar-refractivity contribution in [3.63, 3.8) is 0 Å². The molecule has 0 radical (unpaired) electrons. The van der Waals surface area contributed by atoms with E-state index in [9.17, 15) is 10.1 Å². The lowest BCUT2D eigenvalue weighted by atomic mass is 10.2. The summed E-state index contributed by atoms with van der Waals surface area (Å²) in [6.45, 7) is 0.439. The number of hydrogen-bond acceptors (Lipinski definition) is 3. The molecule has 0 aromatic heterocycles. The molecule has 0 amide bonds. The number of benzene rings is 2. The lowest BCUT2D eigenvalue weighted by Gasteiger charge is -2.10. The second-order valence-corrected chi connectivity index (χ2v) is 5.90. The highest BCUT2D eigenvalue weighted by molar-refractivity contribution is 14.1. The van der Waals surface area contributed by atoms with Crippen LogP contribution < -0.4 is 4.74 Å². The van der Waals surface area contributed by atoms with Crippen molar-refractivity contribution >= 4 is 44.2 Å². The van der Waals surface area contributed by atoms with Crippen LogP contribution in [0, 0.1) is 13.7 Å². The molecule has 0 saturated carbocycles. The summed E-state index contributed by atoms with van der Waals surface area (Å²) >= 11 is 5.57. The van der Waals surface area contributed by atoms with E-state index in [-0.39, 0.29) is 5.69 Å². The molecule has 0 fully saturated rings. The Labute approximate surface area is 138 Å². The molecule has 0 atom stereocenters. The highest BCUT2D eigenvalue weighted by atomic mass is 127. The molecule has 0 heterocycles. The van der Waals surface area contributed by atoms with Crippen LogP contribution in [-0.2, 0) is 11.9 Å². The summed E-state index contributed by atoms with van der Waals surface area (Å²) in [5, 5.41) is 11.3. The lowest BCUT2D eigenvalue weighted by molar-refractivity contribution is -0.384. The molecule has 0 N–H and O–H groups in total. The largest absolute Gasteiger partial charge is 0.489 e. The van der Waals surface area contributed by atoms with Crippen LogP contribution >= 0.6 is 38.5 Å². The van der Waals surface area contributed by atoms with Gasteiger partial charge in [-0.2, -0.15) is 0 Å². The number of nitro groups is 1. The number of ether oxygens (including phenoxy) is 1. The van der Waals surface area contributed by atoms with Crippen molar-refractivity contribution < 1.29 is 9.66 Å². The van der Waals surface area contributed by atoms with Gasteiger partial charge in [-0.25, -0.2) is 0 Å². The Morgan fingerprint density at radius 2 is 1.90 bits per heavy atom. The third-order valence-corrected chi connectivity index (χ3v) is 4.03. The lowest BCUT2D eigenvalue weighted by Crippen LogP contribution is -1.99. The number of hydrogen-bond donors (Lipinski definition) is 0. The minimum absolute atomic E-state index is 0.0704. The van der Waals surface area contributed by atoms with Crippen LogP contribution in [0.5, 0.6) is 5.75 Å². The molecule has 0 aliphatic carbocycles. The molecule has 2 aromatic rings. The van der Waals surface area contributed by atoms with E-state index in [4.69, 9.17) is 4.74 Å². The van der Waals surface area contributed by atoms with Crippen LogP contribution in [0.1, 0.15) is 11.1 Å². The van der Waals surface area contributed by atoms with Crippen LogP contribution in [-0.4, -0.2) is 4.92 Å². The van der Waals surface area contributed by atoms with Gasteiger partial charge in [-0.05, 0) is 46.4 Å². The Bertz CT molecular complexity index is 616. The summed E-state index contributed by atoms with van der Waals surface area (Å²) in [5.74, 6) is 0.658. The third kappa shape index (κ3) is 3.92. The van der Waals surface area contributed by atoms with Gasteiger partial charge < -0.3 is 4.74 Å². The summed E-state index contributed by atoms with van der Waals surface area (Å²) in [6.07, 6.45) is 0. The van der Waals surface area contributed by atoms with Gasteiger partial charge in [-0.15, -0.1) is 0 Å². The number of nitrogens with zero attached hydrogens (tertiary/aromatic N) is 1. The summed E-state index contributed by atoms with van der Waals surface area (Å²) in [5.41, 5.74) is 1.90. The van der Waals surface area contributed by atoms with Gasteiger partial charge in [0.25, 0.3) is 5.69 Å². The Kier molecular flexibility index (Phi) is 5.36. The first kappa shape index (κ1) is 15.2. The summed E-state index contributed by atoms with van der Waals surface area (Å²) < 4.78 is 6.90. The van der Waals surface area contributed by atoms with Gasteiger partial charge >= 0.3 is 0 Å². The first-order chi connectivity index (χ1) is 9.60. The number of rotatable bonds is 5. The van der Waals surface area contributed by atoms with E-state index in [1.165, 1.54) is 15.7 Å². The SMILES string of the molecule is O=[N+]([O-])c1ccc(OCc2ccc(I)cc2)c(CBr)c1. The van der Waals surface area contributed by atoms with Gasteiger partial charge in [0.2, 0.25) is 0 Å². The average Bonchev–Trinajstić information content (AvgIpc) is 2.46. The molecular formula is C14H11BrINO3. The fourth-order valence-corrected chi connectivity index (χ4v) is 2.46. The highest BCUT2D eigenvalue weighted by Crippen LogP contribution is 2.27. The van der Waals surface area contributed by atoms with Crippen LogP contribution in [0.15, 0.2) is 42.5 Å². The quantitative estimate of drug-likeness (QED) is 0.289. The normalized spacial score (nSPS) is 10.3. The van der Waals surface area contributed by atoms with E-state index < -0.39 is 4.92 Å². The van der Waals surface area contributed by atoms with Gasteiger partial charge in [-0.3, -0.25) is 10.1 Å². The molecule has 20 heavy (non-hydrogen) atoms. The van der Waals surface area contributed by atoms with Crippen molar-refractivity contribution in [3.8, 4) is 5.75 Å². The topological polar surface area (TPSA) is 52.4 Å². The van der Waals surface area contributed by atoms with Gasteiger partial charge in [-0.1, -0.05) is 28.1 Å².